The van der Waals surface area contributed by atoms with Crippen LogP contribution in [0.2, 0.25) is 0 Å². The van der Waals surface area contributed by atoms with Crippen LogP contribution in [0.15, 0.2) is 12.1 Å². The molecule has 0 aliphatic carbocycles. The van der Waals surface area contributed by atoms with Crippen LogP contribution in [0.4, 0.5) is 10.5 Å². The van der Waals surface area contributed by atoms with Crippen LogP contribution in [0.25, 0.3) is 0 Å². The van der Waals surface area contributed by atoms with E-state index in [-0.39, 0.29) is 6.54 Å². The molecule has 1 heterocycles. The van der Waals surface area contributed by atoms with E-state index in [1.54, 1.807) is 32.9 Å². The lowest BCUT2D eigenvalue weighted by atomic mass is 9.94. The minimum Gasteiger partial charge on any atom is -0.481 e. The van der Waals surface area contributed by atoms with Crippen molar-refractivity contribution in [3.05, 3.63) is 23.5 Å². The van der Waals surface area contributed by atoms with Gasteiger partial charge in [-0.25, -0.2) is 4.79 Å². The van der Waals surface area contributed by atoms with Crippen molar-refractivity contribution in [1.82, 2.24) is 10.3 Å². The average molecular weight is 265 g/mol. The van der Waals surface area contributed by atoms with Crippen LogP contribution in [0.1, 0.15) is 25.2 Å². The molecule has 2 amide bonds. The lowest BCUT2D eigenvalue weighted by Crippen LogP contribution is -2.40. The Bertz CT molecular complexity index is 498. The number of carboxylic acid groups (broad SMARTS) is 1. The van der Waals surface area contributed by atoms with Crippen LogP contribution in [0.3, 0.4) is 0 Å². The molecule has 0 aromatic carbocycles. The third kappa shape index (κ3) is 4.24. The molecular weight excluding hydrogens is 246 g/mol. The molecule has 6 nitrogen and oxygen atoms in total. The lowest BCUT2D eigenvalue weighted by Gasteiger charge is -2.19. The number of hydrogen-bond acceptors (Lipinski definition) is 3. The lowest BCUT2D eigenvalue weighted by molar-refractivity contribution is -0.146. The third-order valence-corrected chi connectivity index (χ3v) is 2.74. The standard InChI is InChI=1S/C13H19N3O3/c1-8-5-6-10(9(2)15-8)16-12(19)14-7-13(3,4)11(17)18/h5-6H,7H2,1-4H3,(H,17,18)(H2,14,16,19). The van der Waals surface area contributed by atoms with Gasteiger partial charge in [-0.2, -0.15) is 0 Å². The Morgan fingerprint density at radius 3 is 2.47 bits per heavy atom. The SMILES string of the molecule is Cc1ccc(NC(=O)NCC(C)(C)C(=O)O)c(C)n1. The number of aliphatic carboxylic acids is 1. The summed E-state index contributed by atoms with van der Waals surface area (Å²) in [7, 11) is 0. The quantitative estimate of drug-likeness (QED) is 0.775. The zero-order valence-corrected chi connectivity index (χ0v) is 11.6. The fourth-order valence-electron chi connectivity index (χ4n) is 1.36. The second kappa shape index (κ2) is 5.69. The first-order valence-electron chi connectivity index (χ1n) is 5.95. The smallest absolute Gasteiger partial charge is 0.319 e. The fraction of sp³-hybridized carbons (Fsp3) is 0.462. The summed E-state index contributed by atoms with van der Waals surface area (Å²) in [5.74, 6) is -0.957. The third-order valence-electron chi connectivity index (χ3n) is 2.74. The highest BCUT2D eigenvalue weighted by Crippen LogP contribution is 2.14. The van der Waals surface area contributed by atoms with Gasteiger partial charge in [0.05, 0.1) is 16.8 Å². The van der Waals surface area contributed by atoms with Gasteiger partial charge in [0.15, 0.2) is 0 Å². The van der Waals surface area contributed by atoms with Crippen LogP contribution >= 0.6 is 0 Å². The number of aryl methyl sites for hydroxylation is 2. The van der Waals surface area contributed by atoms with E-state index < -0.39 is 17.4 Å². The van der Waals surface area contributed by atoms with Crippen molar-refractivity contribution >= 4 is 17.7 Å². The van der Waals surface area contributed by atoms with Gasteiger partial charge in [-0.1, -0.05) is 0 Å². The zero-order chi connectivity index (χ0) is 14.6. The Balaban J connectivity index is 2.59. The molecule has 0 spiro atoms. The molecule has 1 aromatic heterocycles. The Morgan fingerprint density at radius 1 is 1.32 bits per heavy atom. The normalized spacial score (nSPS) is 10.9. The first kappa shape index (κ1) is 14.9. The number of amides is 2. The summed E-state index contributed by atoms with van der Waals surface area (Å²) >= 11 is 0. The van der Waals surface area contributed by atoms with E-state index in [2.05, 4.69) is 15.6 Å². The molecule has 0 bridgehead atoms. The van der Waals surface area contributed by atoms with E-state index in [1.807, 2.05) is 6.92 Å². The summed E-state index contributed by atoms with van der Waals surface area (Å²) in [6.07, 6.45) is 0. The predicted octanol–water partition coefficient (Wildman–Crippen LogP) is 1.93. The summed E-state index contributed by atoms with van der Waals surface area (Å²) in [6.45, 7) is 6.81. The van der Waals surface area contributed by atoms with Gasteiger partial charge < -0.3 is 15.7 Å². The highest BCUT2D eigenvalue weighted by molar-refractivity contribution is 5.90. The predicted molar refractivity (Wildman–Crippen MR) is 72.1 cm³/mol. The van der Waals surface area contributed by atoms with Crippen molar-refractivity contribution in [1.29, 1.82) is 0 Å². The van der Waals surface area contributed by atoms with Crippen LogP contribution < -0.4 is 10.6 Å². The Kier molecular flexibility index (Phi) is 4.47. The van der Waals surface area contributed by atoms with Gasteiger partial charge in [0.25, 0.3) is 0 Å². The highest BCUT2D eigenvalue weighted by atomic mass is 16.4. The summed E-state index contributed by atoms with van der Waals surface area (Å²) in [5.41, 5.74) is 1.19. The van der Waals surface area contributed by atoms with Gasteiger partial charge >= 0.3 is 12.0 Å². The van der Waals surface area contributed by atoms with Crippen molar-refractivity contribution in [2.24, 2.45) is 5.41 Å². The molecule has 1 rings (SSSR count). The Morgan fingerprint density at radius 2 is 1.95 bits per heavy atom. The number of carboxylic acids is 1. The number of hydrogen-bond donors (Lipinski definition) is 3. The van der Waals surface area contributed by atoms with Gasteiger partial charge in [-0.05, 0) is 39.8 Å². The summed E-state index contributed by atoms with van der Waals surface area (Å²) < 4.78 is 0. The van der Waals surface area contributed by atoms with E-state index in [0.29, 0.717) is 11.4 Å². The number of pyridine rings is 1. The number of carbonyl (C=O) groups excluding carboxylic acids is 1. The van der Waals surface area contributed by atoms with Gasteiger partial charge in [-0.3, -0.25) is 9.78 Å². The van der Waals surface area contributed by atoms with Crippen LogP contribution in [-0.4, -0.2) is 28.6 Å². The molecule has 0 aliphatic heterocycles. The molecule has 104 valence electrons. The van der Waals surface area contributed by atoms with Crippen molar-refractivity contribution < 1.29 is 14.7 Å². The van der Waals surface area contributed by atoms with Crippen molar-refractivity contribution in [2.45, 2.75) is 27.7 Å². The molecule has 3 N–H and O–H groups in total. The number of aromatic nitrogens is 1. The van der Waals surface area contributed by atoms with Crippen LogP contribution in [-0.2, 0) is 4.79 Å². The van der Waals surface area contributed by atoms with Crippen molar-refractivity contribution in [3.8, 4) is 0 Å². The van der Waals surface area contributed by atoms with Crippen LogP contribution in [0, 0.1) is 19.3 Å². The minimum absolute atomic E-state index is 0.0481. The zero-order valence-electron chi connectivity index (χ0n) is 11.6. The van der Waals surface area contributed by atoms with Gasteiger partial charge in [0.2, 0.25) is 0 Å². The molecular formula is C13H19N3O3. The molecule has 0 fully saturated rings. The van der Waals surface area contributed by atoms with Gasteiger partial charge in [0, 0.05) is 12.2 Å². The summed E-state index contributed by atoms with van der Waals surface area (Å²) in [5, 5.41) is 14.1. The molecule has 19 heavy (non-hydrogen) atoms. The average Bonchev–Trinajstić information content (AvgIpc) is 2.30. The van der Waals surface area contributed by atoms with Gasteiger partial charge in [0.1, 0.15) is 0 Å². The topological polar surface area (TPSA) is 91.3 Å². The summed E-state index contributed by atoms with van der Waals surface area (Å²) in [6, 6.07) is 3.12. The van der Waals surface area contributed by atoms with E-state index in [9.17, 15) is 9.59 Å². The molecule has 0 saturated carbocycles. The maximum Gasteiger partial charge on any atom is 0.319 e. The first-order chi connectivity index (χ1) is 8.72. The Labute approximate surface area is 112 Å². The molecule has 1 aromatic rings. The summed E-state index contributed by atoms with van der Waals surface area (Å²) in [4.78, 5) is 26.8. The van der Waals surface area contributed by atoms with Gasteiger partial charge in [-0.15, -0.1) is 0 Å². The van der Waals surface area contributed by atoms with E-state index >= 15 is 0 Å². The molecule has 6 heteroatoms. The van der Waals surface area contributed by atoms with E-state index in [1.165, 1.54) is 0 Å². The Hall–Kier alpha value is -2.11. The van der Waals surface area contributed by atoms with Crippen molar-refractivity contribution in [3.63, 3.8) is 0 Å². The van der Waals surface area contributed by atoms with E-state index in [4.69, 9.17) is 5.11 Å². The fourth-order valence-corrected chi connectivity index (χ4v) is 1.36. The second-order valence-corrected chi connectivity index (χ2v) is 5.08. The number of nitrogens with zero attached hydrogens (tertiary/aromatic N) is 1. The van der Waals surface area contributed by atoms with Crippen molar-refractivity contribution in [2.75, 3.05) is 11.9 Å². The highest BCUT2D eigenvalue weighted by Gasteiger charge is 2.27. The number of carbonyl (C=O) groups is 2. The monoisotopic (exact) mass is 265 g/mol. The number of anilines is 1. The molecule has 0 unspecified atom stereocenters. The number of nitrogens with one attached hydrogen (secondary N) is 2. The van der Waals surface area contributed by atoms with E-state index in [0.717, 1.165) is 5.69 Å². The number of urea groups is 1. The second-order valence-electron chi connectivity index (χ2n) is 5.08. The largest absolute Gasteiger partial charge is 0.481 e. The molecule has 0 radical (unpaired) electrons. The molecule has 0 saturated heterocycles. The number of rotatable bonds is 4. The molecule has 0 atom stereocenters. The maximum atomic E-state index is 11.7. The molecule has 0 aliphatic rings. The maximum absolute atomic E-state index is 11.7. The minimum atomic E-state index is -1.00. The van der Waals surface area contributed by atoms with Crippen LogP contribution in [0.5, 0.6) is 0 Å². The first-order valence-corrected chi connectivity index (χ1v) is 5.95.